The molecule has 0 bridgehead atoms. The van der Waals surface area contributed by atoms with E-state index in [-0.39, 0.29) is 5.91 Å². The third kappa shape index (κ3) is 3.35. The van der Waals surface area contributed by atoms with Gasteiger partial charge in [-0.25, -0.2) is 0 Å². The molecule has 0 unspecified atom stereocenters. The molecule has 110 valence electrons. The molecule has 6 heteroatoms. The number of thiazole rings is 1. The zero-order valence-electron chi connectivity index (χ0n) is 11.8. The van der Waals surface area contributed by atoms with Crippen molar-refractivity contribution in [2.45, 2.75) is 6.42 Å². The van der Waals surface area contributed by atoms with E-state index in [1.807, 2.05) is 18.2 Å². The lowest BCUT2D eigenvalue weighted by Crippen LogP contribution is -2.26. The maximum absolute atomic E-state index is 12.4. The van der Waals surface area contributed by atoms with Gasteiger partial charge in [-0.3, -0.25) is 19.7 Å². The Hall–Kier alpha value is -2.60. The molecule has 3 heterocycles. The van der Waals surface area contributed by atoms with E-state index < -0.39 is 0 Å². The van der Waals surface area contributed by atoms with E-state index in [2.05, 4.69) is 20.3 Å². The fourth-order valence-electron chi connectivity index (χ4n) is 2.06. The molecule has 1 N–H and O–H groups in total. The van der Waals surface area contributed by atoms with E-state index in [1.165, 1.54) is 11.3 Å². The first-order valence-electron chi connectivity index (χ1n) is 6.86. The minimum atomic E-state index is -0.132. The van der Waals surface area contributed by atoms with Crippen LogP contribution in [-0.2, 0) is 6.42 Å². The second-order valence-corrected chi connectivity index (χ2v) is 5.48. The molecular weight excluding hydrogens is 296 g/mol. The number of aromatic nitrogens is 3. The molecule has 0 spiro atoms. The first kappa shape index (κ1) is 14.3. The molecule has 3 rings (SSSR count). The van der Waals surface area contributed by atoms with Crippen molar-refractivity contribution in [2.24, 2.45) is 0 Å². The van der Waals surface area contributed by atoms with Crippen molar-refractivity contribution in [3.05, 3.63) is 65.7 Å². The summed E-state index contributed by atoms with van der Waals surface area (Å²) in [7, 11) is 0. The topological polar surface area (TPSA) is 67.8 Å². The number of rotatable bonds is 5. The lowest BCUT2D eigenvalue weighted by atomic mass is 10.1. The van der Waals surface area contributed by atoms with Crippen molar-refractivity contribution in [1.29, 1.82) is 0 Å². The number of hydrogen-bond donors (Lipinski definition) is 1. The molecule has 0 saturated carbocycles. The fraction of sp³-hybridized carbons (Fsp3) is 0.125. The van der Waals surface area contributed by atoms with Gasteiger partial charge in [0, 0.05) is 37.3 Å². The molecule has 0 fully saturated rings. The van der Waals surface area contributed by atoms with Gasteiger partial charge in [-0.1, -0.05) is 6.07 Å². The van der Waals surface area contributed by atoms with Crippen molar-refractivity contribution in [3.63, 3.8) is 0 Å². The molecule has 0 aliphatic carbocycles. The second-order valence-electron chi connectivity index (χ2n) is 4.59. The first-order chi connectivity index (χ1) is 10.8. The molecular formula is C16H14N4OS. The molecule has 22 heavy (non-hydrogen) atoms. The van der Waals surface area contributed by atoms with Gasteiger partial charge >= 0.3 is 0 Å². The van der Waals surface area contributed by atoms with Crippen LogP contribution in [0.15, 0.2) is 54.4 Å². The highest BCUT2D eigenvalue weighted by molar-refractivity contribution is 7.13. The largest absolute Gasteiger partial charge is 0.352 e. The molecule has 3 aromatic heterocycles. The molecule has 0 aliphatic heterocycles. The molecule has 0 aromatic carbocycles. The van der Waals surface area contributed by atoms with Gasteiger partial charge in [-0.05, 0) is 24.3 Å². The minimum Gasteiger partial charge on any atom is -0.352 e. The summed E-state index contributed by atoms with van der Waals surface area (Å²) in [6, 6.07) is 9.29. The Kier molecular flexibility index (Phi) is 4.50. The van der Waals surface area contributed by atoms with Crippen LogP contribution in [0.4, 0.5) is 0 Å². The summed E-state index contributed by atoms with van der Waals surface area (Å²) in [5, 5.41) is 2.92. The number of pyridine rings is 2. The maximum Gasteiger partial charge on any atom is 0.253 e. The highest BCUT2D eigenvalue weighted by Gasteiger charge is 2.14. The van der Waals surface area contributed by atoms with Crippen LogP contribution in [-0.4, -0.2) is 27.4 Å². The van der Waals surface area contributed by atoms with Crippen molar-refractivity contribution >= 4 is 17.2 Å². The van der Waals surface area contributed by atoms with Gasteiger partial charge in [-0.2, -0.15) is 0 Å². The Labute approximate surface area is 132 Å². The Balaban J connectivity index is 1.68. The number of amides is 1. The SMILES string of the molecule is O=C(NCCc1ccccn1)c1cccnc1-c1cncs1. The predicted molar refractivity (Wildman–Crippen MR) is 85.6 cm³/mol. The number of hydrogen-bond acceptors (Lipinski definition) is 5. The van der Waals surface area contributed by atoms with Crippen molar-refractivity contribution in [3.8, 4) is 10.6 Å². The van der Waals surface area contributed by atoms with E-state index in [0.29, 0.717) is 24.2 Å². The second kappa shape index (κ2) is 6.91. The van der Waals surface area contributed by atoms with Crippen LogP contribution < -0.4 is 5.32 Å². The Morgan fingerprint density at radius 2 is 2.05 bits per heavy atom. The predicted octanol–water partition coefficient (Wildman–Crippen LogP) is 2.57. The summed E-state index contributed by atoms with van der Waals surface area (Å²) in [5.41, 5.74) is 3.91. The average Bonchev–Trinajstić information content (AvgIpc) is 3.10. The van der Waals surface area contributed by atoms with Gasteiger partial charge in [0.2, 0.25) is 0 Å². The maximum atomic E-state index is 12.4. The Morgan fingerprint density at radius 1 is 1.14 bits per heavy atom. The van der Waals surface area contributed by atoms with Crippen LogP contribution in [0, 0.1) is 0 Å². The molecule has 0 atom stereocenters. The van der Waals surface area contributed by atoms with Gasteiger partial charge in [0.1, 0.15) is 0 Å². The zero-order valence-corrected chi connectivity index (χ0v) is 12.6. The van der Waals surface area contributed by atoms with Gasteiger partial charge < -0.3 is 5.32 Å². The third-order valence-corrected chi connectivity index (χ3v) is 3.89. The van der Waals surface area contributed by atoms with Gasteiger partial charge in [0.25, 0.3) is 5.91 Å². The van der Waals surface area contributed by atoms with Gasteiger partial charge in [-0.15, -0.1) is 11.3 Å². The zero-order chi connectivity index (χ0) is 15.2. The fourth-order valence-corrected chi connectivity index (χ4v) is 2.69. The Morgan fingerprint density at radius 3 is 2.82 bits per heavy atom. The highest BCUT2D eigenvalue weighted by Crippen LogP contribution is 2.24. The van der Waals surface area contributed by atoms with Crippen LogP contribution in [0.3, 0.4) is 0 Å². The van der Waals surface area contributed by atoms with E-state index in [9.17, 15) is 4.79 Å². The van der Waals surface area contributed by atoms with Gasteiger partial charge in [0.15, 0.2) is 0 Å². The quantitative estimate of drug-likeness (QED) is 0.786. The smallest absolute Gasteiger partial charge is 0.253 e. The molecule has 0 saturated heterocycles. The third-order valence-electron chi connectivity index (χ3n) is 3.11. The van der Waals surface area contributed by atoms with E-state index in [0.717, 1.165) is 10.6 Å². The van der Waals surface area contributed by atoms with Crippen LogP contribution in [0.1, 0.15) is 16.1 Å². The molecule has 1 amide bonds. The lowest BCUT2D eigenvalue weighted by molar-refractivity contribution is 0.0954. The van der Waals surface area contributed by atoms with Crippen molar-refractivity contribution in [1.82, 2.24) is 20.3 Å². The van der Waals surface area contributed by atoms with Gasteiger partial charge in [0.05, 0.1) is 21.6 Å². The average molecular weight is 310 g/mol. The monoisotopic (exact) mass is 310 g/mol. The molecule has 0 radical (unpaired) electrons. The van der Waals surface area contributed by atoms with E-state index in [1.54, 1.807) is 36.2 Å². The molecule has 5 nitrogen and oxygen atoms in total. The molecule has 0 aliphatic rings. The normalized spacial score (nSPS) is 10.4. The summed E-state index contributed by atoms with van der Waals surface area (Å²) in [6.07, 6.45) is 5.85. The van der Waals surface area contributed by atoms with Crippen molar-refractivity contribution in [2.75, 3.05) is 6.54 Å². The highest BCUT2D eigenvalue weighted by atomic mass is 32.1. The number of nitrogens with zero attached hydrogens (tertiary/aromatic N) is 3. The van der Waals surface area contributed by atoms with Crippen LogP contribution in [0.2, 0.25) is 0 Å². The number of carbonyl (C=O) groups excluding carboxylic acids is 1. The van der Waals surface area contributed by atoms with E-state index in [4.69, 9.17) is 0 Å². The Bertz CT molecular complexity index is 744. The summed E-state index contributed by atoms with van der Waals surface area (Å²) in [4.78, 5) is 25.8. The summed E-state index contributed by atoms with van der Waals surface area (Å²) in [5.74, 6) is -0.132. The van der Waals surface area contributed by atoms with Crippen LogP contribution >= 0.6 is 11.3 Å². The van der Waals surface area contributed by atoms with E-state index >= 15 is 0 Å². The lowest BCUT2D eigenvalue weighted by Gasteiger charge is -2.08. The summed E-state index contributed by atoms with van der Waals surface area (Å²) >= 11 is 1.46. The standard InChI is InChI=1S/C16H14N4OS/c21-16(20-9-6-12-4-1-2-7-18-12)13-5-3-8-19-15(13)14-10-17-11-22-14/h1-5,7-8,10-11H,6,9H2,(H,20,21). The van der Waals surface area contributed by atoms with Crippen LogP contribution in [0.25, 0.3) is 10.6 Å². The van der Waals surface area contributed by atoms with Crippen molar-refractivity contribution < 1.29 is 4.79 Å². The minimum absolute atomic E-state index is 0.132. The summed E-state index contributed by atoms with van der Waals surface area (Å²) < 4.78 is 0. The number of carbonyl (C=O) groups is 1. The van der Waals surface area contributed by atoms with Crippen LogP contribution in [0.5, 0.6) is 0 Å². The summed E-state index contributed by atoms with van der Waals surface area (Å²) in [6.45, 7) is 0.535. The number of nitrogens with one attached hydrogen (secondary N) is 1. The molecule has 3 aromatic rings. The first-order valence-corrected chi connectivity index (χ1v) is 7.74.